The van der Waals surface area contributed by atoms with Crippen LogP contribution in [0.15, 0.2) is 47.8 Å². The Morgan fingerprint density at radius 1 is 1.27 bits per heavy atom. The van der Waals surface area contributed by atoms with Gasteiger partial charge in [-0.15, -0.1) is 22.7 Å². The third kappa shape index (κ3) is 4.26. The van der Waals surface area contributed by atoms with Gasteiger partial charge >= 0.3 is 5.97 Å². The summed E-state index contributed by atoms with van der Waals surface area (Å²) in [6.07, 6.45) is -0.892. The molecule has 0 saturated heterocycles. The SMILES string of the molecule is Cc1nn(-c2ccc(Cl)cc2)c2sc(C(=O)OC(C)C(=O)NCc3cccs3)cc12. The number of rotatable bonds is 6. The third-order valence-electron chi connectivity index (χ3n) is 4.49. The first-order valence-electron chi connectivity index (χ1n) is 9.18. The van der Waals surface area contributed by atoms with Crippen molar-refractivity contribution in [3.63, 3.8) is 0 Å². The van der Waals surface area contributed by atoms with Gasteiger partial charge in [-0.2, -0.15) is 5.10 Å². The fourth-order valence-corrected chi connectivity index (χ4v) is 4.74. The molecule has 1 amide bonds. The van der Waals surface area contributed by atoms with Crippen LogP contribution < -0.4 is 5.32 Å². The first-order valence-corrected chi connectivity index (χ1v) is 11.3. The number of carbonyl (C=O) groups excluding carboxylic acids is 2. The standard InChI is InChI=1S/C21H18ClN3O3S2/c1-12-17-10-18(30-20(17)25(24-12)15-7-5-14(22)6-8-15)21(27)28-13(2)19(26)23-11-16-4-3-9-29-16/h3-10,13H,11H2,1-2H3,(H,23,26). The molecule has 4 aromatic rings. The summed E-state index contributed by atoms with van der Waals surface area (Å²) in [6.45, 7) is 3.87. The van der Waals surface area contributed by atoms with E-state index in [0.29, 0.717) is 16.4 Å². The molecule has 3 heterocycles. The molecule has 0 radical (unpaired) electrons. The molecule has 30 heavy (non-hydrogen) atoms. The normalized spacial score (nSPS) is 12.1. The lowest BCUT2D eigenvalue weighted by atomic mass is 10.3. The number of hydrogen-bond donors (Lipinski definition) is 1. The van der Waals surface area contributed by atoms with E-state index >= 15 is 0 Å². The summed E-state index contributed by atoms with van der Waals surface area (Å²) in [5.74, 6) is -0.863. The lowest BCUT2D eigenvalue weighted by Gasteiger charge is -2.12. The quantitative estimate of drug-likeness (QED) is 0.413. The monoisotopic (exact) mass is 459 g/mol. The van der Waals surface area contributed by atoms with E-state index in [-0.39, 0.29) is 5.91 Å². The summed E-state index contributed by atoms with van der Waals surface area (Å²) in [5, 5.41) is 10.8. The molecule has 1 unspecified atom stereocenters. The maximum atomic E-state index is 12.6. The highest BCUT2D eigenvalue weighted by Crippen LogP contribution is 2.31. The smallest absolute Gasteiger partial charge is 0.349 e. The summed E-state index contributed by atoms with van der Waals surface area (Å²) in [6, 6.07) is 12.9. The first kappa shape index (κ1) is 20.6. The molecule has 0 bridgehead atoms. The van der Waals surface area contributed by atoms with Crippen LogP contribution in [0.2, 0.25) is 5.02 Å². The Bertz CT molecular complexity index is 1200. The Hall–Kier alpha value is -2.68. The fraction of sp³-hybridized carbons (Fsp3) is 0.190. The van der Waals surface area contributed by atoms with Crippen LogP contribution in [0.3, 0.4) is 0 Å². The van der Waals surface area contributed by atoms with Crippen molar-refractivity contribution in [2.75, 3.05) is 0 Å². The van der Waals surface area contributed by atoms with Crippen LogP contribution in [0.5, 0.6) is 0 Å². The van der Waals surface area contributed by atoms with Gasteiger partial charge in [-0.3, -0.25) is 4.79 Å². The number of ether oxygens (including phenoxy) is 1. The molecule has 154 valence electrons. The molecule has 0 spiro atoms. The van der Waals surface area contributed by atoms with Crippen molar-refractivity contribution < 1.29 is 14.3 Å². The predicted octanol–water partition coefficient (Wildman–Crippen LogP) is 4.97. The number of halogens is 1. The Balaban J connectivity index is 1.48. The molecule has 6 nitrogen and oxygen atoms in total. The average molecular weight is 460 g/mol. The van der Waals surface area contributed by atoms with Gasteiger partial charge in [-0.1, -0.05) is 17.7 Å². The van der Waals surface area contributed by atoms with Gasteiger partial charge in [0.1, 0.15) is 9.71 Å². The van der Waals surface area contributed by atoms with E-state index < -0.39 is 12.1 Å². The summed E-state index contributed by atoms with van der Waals surface area (Å²) in [7, 11) is 0. The Labute approximate surface area is 186 Å². The van der Waals surface area contributed by atoms with Gasteiger partial charge in [0.25, 0.3) is 5.91 Å². The van der Waals surface area contributed by atoms with Crippen molar-refractivity contribution in [1.29, 1.82) is 0 Å². The van der Waals surface area contributed by atoms with Gasteiger partial charge in [-0.05, 0) is 55.6 Å². The van der Waals surface area contributed by atoms with Crippen molar-refractivity contribution in [3.8, 4) is 5.69 Å². The molecule has 0 fully saturated rings. The van der Waals surface area contributed by atoms with E-state index in [1.807, 2.05) is 36.6 Å². The number of hydrogen-bond acceptors (Lipinski definition) is 6. The van der Waals surface area contributed by atoms with E-state index in [0.717, 1.165) is 26.5 Å². The summed E-state index contributed by atoms with van der Waals surface area (Å²) in [5.41, 5.74) is 1.65. The molecule has 0 saturated carbocycles. The second-order valence-corrected chi connectivity index (χ2v) is 9.15. The zero-order chi connectivity index (χ0) is 21.3. The molecule has 0 aliphatic rings. The van der Waals surface area contributed by atoms with Crippen molar-refractivity contribution in [1.82, 2.24) is 15.1 Å². The van der Waals surface area contributed by atoms with Crippen LogP contribution in [0.4, 0.5) is 0 Å². The Morgan fingerprint density at radius 2 is 2.03 bits per heavy atom. The molecule has 1 N–H and O–H groups in total. The van der Waals surface area contributed by atoms with E-state index in [9.17, 15) is 9.59 Å². The van der Waals surface area contributed by atoms with Crippen molar-refractivity contribution in [3.05, 3.63) is 68.3 Å². The molecule has 3 aromatic heterocycles. The van der Waals surface area contributed by atoms with Gasteiger partial charge in [0.2, 0.25) is 0 Å². The number of benzene rings is 1. The number of thiophene rings is 2. The second kappa shape index (κ2) is 8.59. The lowest BCUT2D eigenvalue weighted by Crippen LogP contribution is -2.35. The minimum atomic E-state index is -0.892. The van der Waals surface area contributed by atoms with Crippen LogP contribution in [0.1, 0.15) is 27.2 Å². The first-order chi connectivity index (χ1) is 14.4. The number of amides is 1. The van der Waals surface area contributed by atoms with Crippen LogP contribution in [-0.4, -0.2) is 27.8 Å². The van der Waals surface area contributed by atoms with Crippen LogP contribution in [0.25, 0.3) is 15.9 Å². The number of nitrogens with one attached hydrogen (secondary N) is 1. The van der Waals surface area contributed by atoms with Crippen molar-refractivity contribution in [2.24, 2.45) is 0 Å². The fourth-order valence-electron chi connectivity index (χ4n) is 2.91. The van der Waals surface area contributed by atoms with Gasteiger partial charge in [-0.25, -0.2) is 9.48 Å². The highest BCUT2D eigenvalue weighted by molar-refractivity contribution is 7.20. The van der Waals surface area contributed by atoms with Crippen LogP contribution in [0, 0.1) is 6.92 Å². The van der Waals surface area contributed by atoms with Crippen molar-refractivity contribution in [2.45, 2.75) is 26.5 Å². The topological polar surface area (TPSA) is 73.2 Å². The van der Waals surface area contributed by atoms with Gasteiger partial charge < -0.3 is 10.1 Å². The second-order valence-electron chi connectivity index (χ2n) is 6.65. The minimum absolute atomic E-state index is 0.332. The number of aryl methyl sites for hydroxylation is 1. The highest BCUT2D eigenvalue weighted by Gasteiger charge is 2.22. The Morgan fingerprint density at radius 3 is 2.73 bits per heavy atom. The molecule has 1 atom stereocenters. The largest absolute Gasteiger partial charge is 0.448 e. The number of aromatic nitrogens is 2. The maximum Gasteiger partial charge on any atom is 0.349 e. The Kier molecular flexibility index (Phi) is 5.90. The zero-order valence-electron chi connectivity index (χ0n) is 16.2. The van der Waals surface area contributed by atoms with Gasteiger partial charge in [0, 0.05) is 15.3 Å². The summed E-state index contributed by atoms with van der Waals surface area (Å²) < 4.78 is 7.16. The van der Waals surface area contributed by atoms with Crippen molar-refractivity contribution >= 4 is 56.4 Å². The molecule has 0 aliphatic heterocycles. The van der Waals surface area contributed by atoms with Gasteiger partial charge in [0.05, 0.1) is 17.9 Å². The molecular weight excluding hydrogens is 442 g/mol. The number of carbonyl (C=O) groups is 2. The maximum absolute atomic E-state index is 12.6. The molecule has 0 aliphatic carbocycles. The highest BCUT2D eigenvalue weighted by atomic mass is 35.5. The summed E-state index contributed by atoms with van der Waals surface area (Å²) in [4.78, 5) is 27.2. The van der Waals surface area contributed by atoms with Crippen LogP contribution in [-0.2, 0) is 16.1 Å². The third-order valence-corrected chi connectivity index (χ3v) is 6.71. The number of fused-ring (bicyclic) bond motifs is 1. The average Bonchev–Trinajstić information content (AvgIpc) is 3.45. The van der Waals surface area contributed by atoms with E-state index in [1.165, 1.54) is 11.3 Å². The van der Waals surface area contributed by atoms with E-state index in [4.69, 9.17) is 16.3 Å². The van der Waals surface area contributed by atoms with Gasteiger partial charge in [0.15, 0.2) is 6.10 Å². The van der Waals surface area contributed by atoms with E-state index in [1.54, 1.807) is 41.1 Å². The number of nitrogens with zero attached hydrogens (tertiary/aromatic N) is 2. The summed E-state index contributed by atoms with van der Waals surface area (Å²) >= 11 is 8.81. The lowest BCUT2D eigenvalue weighted by molar-refractivity contribution is -0.129. The zero-order valence-corrected chi connectivity index (χ0v) is 18.6. The molecule has 9 heteroatoms. The minimum Gasteiger partial charge on any atom is -0.448 e. The molecular formula is C21H18ClN3O3S2. The molecule has 4 rings (SSSR count). The van der Waals surface area contributed by atoms with E-state index in [2.05, 4.69) is 10.4 Å². The number of esters is 1. The van der Waals surface area contributed by atoms with Crippen LogP contribution >= 0.6 is 34.3 Å². The molecule has 1 aromatic carbocycles. The predicted molar refractivity (Wildman–Crippen MR) is 120 cm³/mol.